The zero-order valence-corrected chi connectivity index (χ0v) is 16.7. The topological polar surface area (TPSA) is 68.6 Å². The van der Waals surface area contributed by atoms with Crippen LogP contribution in [0.3, 0.4) is 0 Å². The maximum absolute atomic E-state index is 13.5. The van der Waals surface area contributed by atoms with Crippen LogP contribution in [0.25, 0.3) is 0 Å². The minimum Gasteiger partial charge on any atom is -0.454 e. The molecule has 1 aromatic heterocycles. The van der Waals surface area contributed by atoms with Crippen LogP contribution in [-0.2, 0) is 13.6 Å². The van der Waals surface area contributed by atoms with Gasteiger partial charge in [0.25, 0.3) is 5.91 Å². The fourth-order valence-electron chi connectivity index (χ4n) is 4.45. The number of hydrogen-bond donors (Lipinski definition) is 1. The van der Waals surface area contributed by atoms with E-state index in [1.807, 2.05) is 34.8 Å². The summed E-state index contributed by atoms with van der Waals surface area (Å²) >= 11 is 0. The fourth-order valence-corrected chi connectivity index (χ4v) is 4.45. The number of nitrogens with zero attached hydrogens (tertiary/aromatic N) is 3. The van der Waals surface area contributed by atoms with Crippen molar-refractivity contribution in [1.82, 2.24) is 19.8 Å². The molecule has 8 heteroatoms. The molecule has 1 N–H and O–H groups in total. The predicted molar refractivity (Wildman–Crippen MR) is 106 cm³/mol. The van der Waals surface area contributed by atoms with Crippen LogP contribution in [0.5, 0.6) is 11.5 Å². The van der Waals surface area contributed by atoms with Gasteiger partial charge in [-0.15, -0.1) is 12.4 Å². The average Bonchev–Trinajstić information content (AvgIpc) is 3.02. The molecule has 3 aliphatic rings. The average molecular weight is 405 g/mol. The lowest BCUT2D eigenvalue weighted by Gasteiger charge is -2.29. The molecule has 3 heterocycles. The lowest BCUT2D eigenvalue weighted by Crippen LogP contribution is -2.39. The van der Waals surface area contributed by atoms with Crippen molar-refractivity contribution in [1.29, 1.82) is 0 Å². The number of nitrogens with one attached hydrogen (secondary N) is 1. The Morgan fingerprint density at radius 1 is 1.32 bits per heavy atom. The lowest BCUT2D eigenvalue weighted by molar-refractivity contribution is 0.0685. The first-order valence-corrected chi connectivity index (χ1v) is 9.54. The van der Waals surface area contributed by atoms with Crippen molar-refractivity contribution >= 4 is 18.3 Å². The molecule has 1 saturated heterocycles. The molecule has 7 nitrogen and oxygen atoms in total. The van der Waals surface area contributed by atoms with E-state index in [9.17, 15) is 4.79 Å². The Morgan fingerprint density at radius 3 is 2.86 bits per heavy atom. The van der Waals surface area contributed by atoms with E-state index >= 15 is 0 Å². The van der Waals surface area contributed by atoms with Crippen LogP contribution in [0.15, 0.2) is 30.6 Å². The lowest BCUT2D eigenvalue weighted by atomic mass is 9.93. The van der Waals surface area contributed by atoms with Gasteiger partial charge in [0.1, 0.15) is 5.82 Å². The van der Waals surface area contributed by atoms with E-state index in [4.69, 9.17) is 9.47 Å². The third-order valence-electron chi connectivity index (χ3n) is 6.24. The Labute approximate surface area is 170 Å². The fraction of sp³-hybridized carbons (Fsp3) is 0.500. The van der Waals surface area contributed by atoms with Gasteiger partial charge in [-0.1, -0.05) is 0 Å². The quantitative estimate of drug-likeness (QED) is 0.847. The number of imidazole rings is 1. The first-order valence-electron chi connectivity index (χ1n) is 9.54. The zero-order chi connectivity index (χ0) is 18.4. The Balaban J connectivity index is 0.00000192. The maximum atomic E-state index is 13.5. The van der Waals surface area contributed by atoms with Gasteiger partial charge in [0.15, 0.2) is 11.5 Å². The third-order valence-corrected chi connectivity index (χ3v) is 6.24. The van der Waals surface area contributed by atoms with Gasteiger partial charge in [0.05, 0.1) is 6.54 Å². The Morgan fingerprint density at radius 2 is 2.11 bits per heavy atom. The second-order valence-corrected chi connectivity index (χ2v) is 7.79. The summed E-state index contributed by atoms with van der Waals surface area (Å²) in [5.41, 5.74) is 0.909. The number of ether oxygens (including phenoxy) is 2. The SMILES string of the molecule is Cl.Cn1ccnc1CN(C(=O)c1ccc2c(c1)OCO2)C1CC12CCNCC2. The second-order valence-electron chi connectivity index (χ2n) is 7.79. The minimum atomic E-state index is 0. The van der Waals surface area contributed by atoms with Crippen molar-refractivity contribution in [3.8, 4) is 11.5 Å². The van der Waals surface area contributed by atoms with Gasteiger partial charge in [-0.05, 0) is 56.0 Å². The normalized spacial score (nSPS) is 21.2. The van der Waals surface area contributed by atoms with Gasteiger partial charge in [-0.2, -0.15) is 0 Å². The van der Waals surface area contributed by atoms with Crippen molar-refractivity contribution in [3.05, 3.63) is 42.0 Å². The summed E-state index contributed by atoms with van der Waals surface area (Å²) in [5, 5.41) is 3.43. The van der Waals surface area contributed by atoms with E-state index < -0.39 is 0 Å². The number of halogens is 1. The Kier molecular flexibility index (Phi) is 4.97. The van der Waals surface area contributed by atoms with Crippen molar-refractivity contribution in [2.24, 2.45) is 12.5 Å². The van der Waals surface area contributed by atoms with Gasteiger partial charge in [0.2, 0.25) is 6.79 Å². The highest BCUT2D eigenvalue weighted by Gasteiger charge is 2.58. The smallest absolute Gasteiger partial charge is 0.254 e. The van der Waals surface area contributed by atoms with Crippen LogP contribution in [0.4, 0.5) is 0 Å². The summed E-state index contributed by atoms with van der Waals surface area (Å²) < 4.78 is 12.8. The van der Waals surface area contributed by atoms with Crippen LogP contribution in [0.1, 0.15) is 35.4 Å². The summed E-state index contributed by atoms with van der Waals surface area (Å²) in [5.74, 6) is 2.28. The molecule has 2 aromatic rings. The van der Waals surface area contributed by atoms with Gasteiger partial charge in [-0.25, -0.2) is 4.98 Å². The molecule has 5 rings (SSSR count). The number of hydrogen-bond acceptors (Lipinski definition) is 5. The molecule has 1 saturated carbocycles. The molecule has 0 radical (unpaired) electrons. The molecule has 0 bridgehead atoms. The van der Waals surface area contributed by atoms with Crippen molar-refractivity contribution in [2.75, 3.05) is 19.9 Å². The summed E-state index contributed by atoms with van der Waals surface area (Å²) in [6.45, 7) is 2.80. The van der Waals surface area contributed by atoms with Crippen LogP contribution in [0, 0.1) is 5.41 Å². The van der Waals surface area contributed by atoms with Crippen molar-refractivity contribution in [2.45, 2.75) is 31.8 Å². The van der Waals surface area contributed by atoms with Crippen LogP contribution in [0.2, 0.25) is 0 Å². The minimum absolute atomic E-state index is 0. The maximum Gasteiger partial charge on any atom is 0.254 e. The number of carbonyl (C=O) groups is 1. The van der Waals surface area contributed by atoms with E-state index in [1.165, 1.54) is 0 Å². The number of amides is 1. The predicted octanol–water partition coefficient (Wildman–Crippen LogP) is 2.36. The first-order chi connectivity index (χ1) is 13.2. The molecule has 1 aliphatic carbocycles. The van der Waals surface area contributed by atoms with E-state index in [-0.39, 0.29) is 36.6 Å². The highest BCUT2D eigenvalue weighted by Crippen LogP contribution is 2.56. The van der Waals surface area contributed by atoms with Gasteiger partial charge >= 0.3 is 0 Å². The van der Waals surface area contributed by atoms with Gasteiger partial charge < -0.3 is 24.3 Å². The molecule has 2 aliphatic heterocycles. The Hall–Kier alpha value is -2.25. The number of aromatic nitrogens is 2. The third kappa shape index (κ3) is 3.22. The van der Waals surface area contributed by atoms with E-state index in [2.05, 4.69) is 10.3 Å². The number of fused-ring (bicyclic) bond motifs is 1. The molecule has 1 atom stereocenters. The second kappa shape index (κ2) is 7.29. The van der Waals surface area contributed by atoms with E-state index in [0.29, 0.717) is 23.6 Å². The van der Waals surface area contributed by atoms with Gasteiger partial charge in [-0.3, -0.25) is 4.79 Å². The standard InChI is InChI=1S/C20H24N4O3.ClH/c1-23-9-8-22-18(23)12-24(17-11-20(17)4-6-21-7-5-20)19(25)14-2-3-15-16(10-14)27-13-26-15;/h2-3,8-10,17,21H,4-7,11-13H2,1H3;1H. The molecule has 1 amide bonds. The number of benzene rings is 1. The summed E-state index contributed by atoms with van der Waals surface area (Å²) in [4.78, 5) is 19.9. The van der Waals surface area contributed by atoms with E-state index in [1.54, 1.807) is 12.3 Å². The molecule has 28 heavy (non-hydrogen) atoms. The highest BCUT2D eigenvalue weighted by molar-refractivity contribution is 5.95. The zero-order valence-electron chi connectivity index (χ0n) is 15.9. The van der Waals surface area contributed by atoms with Crippen molar-refractivity contribution < 1.29 is 14.3 Å². The molecule has 1 spiro atoms. The van der Waals surface area contributed by atoms with Gasteiger partial charge in [0, 0.05) is 31.0 Å². The molecule has 2 fully saturated rings. The largest absolute Gasteiger partial charge is 0.454 e. The van der Waals surface area contributed by atoms with Crippen LogP contribution in [-0.4, -0.2) is 46.3 Å². The highest BCUT2D eigenvalue weighted by atomic mass is 35.5. The summed E-state index contributed by atoms with van der Waals surface area (Å²) in [6, 6.07) is 5.72. The molecule has 1 aromatic carbocycles. The number of piperidine rings is 1. The van der Waals surface area contributed by atoms with E-state index in [0.717, 1.165) is 38.2 Å². The van der Waals surface area contributed by atoms with Crippen LogP contribution >= 0.6 is 12.4 Å². The molecular weight excluding hydrogens is 380 g/mol. The first kappa shape index (κ1) is 19.1. The number of aryl methyl sites for hydroxylation is 1. The molecular formula is C20H25ClN4O3. The van der Waals surface area contributed by atoms with Crippen LogP contribution < -0.4 is 14.8 Å². The summed E-state index contributed by atoms with van der Waals surface area (Å²) in [7, 11) is 1.97. The molecule has 1 unspecified atom stereocenters. The summed E-state index contributed by atoms with van der Waals surface area (Å²) in [6.07, 6.45) is 7.04. The number of carbonyl (C=O) groups excluding carboxylic acids is 1. The monoisotopic (exact) mass is 404 g/mol. The number of rotatable bonds is 4. The van der Waals surface area contributed by atoms with Crippen molar-refractivity contribution in [3.63, 3.8) is 0 Å². The Bertz CT molecular complexity index is 878. The molecule has 150 valence electrons.